The number of alkyl carbamates (subject to hydrolysis) is 1. The van der Waals surface area contributed by atoms with Crippen LogP contribution in [0.25, 0.3) is 16.6 Å². The summed E-state index contributed by atoms with van der Waals surface area (Å²) in [6.45, 7) is 5.69. The third-order valence-corrected chi connectivity index (χ3v) is 5.14. The van der Waals surface area contributed by atoms with E-state index in [1.54, 1.807) is 31.2 Å². The highest BCUT2D eigenvalue weighted by atomic mass is 32.2. The summed E-state index contributed by atoms with van der Waals surface area (Å²) >= 11 is 1.09. The van der Waals surface area contributed by atoms with E-state index in [0.29, 0.717) is 21.7 Å². The molecular formula is C21H21N3O4S. The smallest absolute Gasteiger partial charge is 0.413 e. The van der Waals surface area contributed by atoms with Gasteiger partial charge in [-0.1, -0.05) is 36.0 Å². The van der Waals surface area contributed by atoms with Crippen LogP contribution in [0.15, 0.2) is 52.4 Å². The van der Waals surface area contributed by atoms with E-state index in [9.17, 15) is 14.4 Å². The molecule has 1 heterocycles. The summed E-state index contributed by atoms with van der Waals surface area (Å²) in [5.74, 6) is -0.613. The van der Waals surface area contributed by atoms with Gasteiger partial charge in [-0.3, -0.25) is 19.5 Å². The number of rotatable bonds is 5. The van der Waals surface area contributed by atoms with Crippen molar-refractivity contribution in [3.8, 4) is 5.69 Å². The molecule has 3 aromatic rings. The Balaban J connectivity index is 2.03. The van der Waals surface area contributed by atoms with Gasteiger partial charge in [-0.15, -0.1) is 0 Å². The zero-order chi connectivity index (χ0) is 21.0. The van der Waals surface area contributed by atoms with Gasteiger partial charge in [0.1, 0.15) is 0 Å². The molecule has 1 N–H and O–H groups in total. The van der Waals surface area contributed by atoms with Crippen molar-refractivity contribution in [2.75, 3.05) is 12.4 Å². The number of thioether (sulfide) groups is 1. The van der Waals surface area contributed by atoms with Gasteiger partial charge in [0.25, 0.3) is 5.56 Å². The standard InChI is InChI=1S/C21H21N3O4S/c1-4-28-21(27)23-18(25)12-29-20-22-16-8-6-5-7-15(16)19(26)24(20)17-11-13(2)9-10-14(17)3/h5-11H,4,12H2,1-3H3,(H,23,25,27). The number of hydrogen-bond donors (Lipinski definition) is 1. The van der Waals surface area contributed by atoms with Crippen LogP contribution in [0.1, 0.15) is 18.1 Å². The van der Waals surface area contributed by atoms with Crippen LogP contribution in [0, 0.1) is 13.8 Å². The molecule has 0 radical (unpaired) electrons. The second-order valence-corrected chi connectivity index (χ2v) is 7.34. The van der Waals surface area contributed by atoms with E-state index in [1.165, 1.54) is 4.57 Å². The van der Waals surface area contributed by atoms with E-state index in [2.05, 4.69) is 10.3 Å². The molecule has 0 spiro atoms. The highest BCUT2D eigenvalue weighted by Gasteiger charge is 2.17. The second-order valence-electron chi connectivity index (χ2n) is 6.40. The molecular weight excluding hydrogens is 390 g/mol. The predicted octanol–water partition coefficient (Wildman–Crippen LogP) is 3.37. The lowest BCUT2D eigenvalue weighted by Gasteiger charge is -2.15. The fourth-order valence-electron chi connectivity index (χ4n) is 2.83. The fraction of sp³-hybridized carbons (Fsp3) is 0.238. The molecule has 150 valence electrons. The third-order valence-electron chi connectivity index (χ3n) is 4.20. The number of aryl methyl sites for hydroxylation is 2. The minimum atomic E-state index is -0.795. The van der Waals surface area contributed by atoms with Crippen LogP contribution >= 0.6 is 11.8 Å². The molecule has 1 aromatic heterocycles. The number of para-hydroxylation sites is 1. The summed E-state index contributed by atoms with van der Waals surface area (Å²) in [6, 6.07) is 12.9. The van der Waals surface area contributed by atoms with E-state index in [-0.39, 0.29) is 17.9 Å². The van der Waals surface area contributed by atoms with E-state index >= 15 is 0 Å². The molecule has 0 atom stereocenters. The molecule has 3 rings (SSSR count). The molecule has 2 amide bonds. The van der Waals surface area contributed by atoms with E-state index in [0.717, 1.165) is 22.9 Å². The van der Waals surface area contributed by atoms with Crippen LogP contribution in [0.3, 0.4) is 0 Å². The van der Waals surface area contributed by atoms with Gasteiger partial charge in [-0.2, -0.15) is 0 Å². The number of hydrogen-bond acceptors (Lipinski definition) is 6. The fourth-order valence-corrected chi connectivity index (χ4v) is 3.63. The van der Waals surface area contributed by atoms with Crippen molar-refractivity contribution < 1.29 is 14.3 Å². The van der Waals surface area contributed by atoms with Gasteiger partial charge in [0.05, 0.1) is 29.0 Å². The highest BCUT2D eigenvalue weighted by Crippen LogP contribution is 2.23. The van der Waals surface area contributed by atoms with Crippen LogP contribution < -0.4 is 10.9 Å². The molecule has 0 bridgehead atoms. The Morgan fingerprint density at radius 3 is 2.69 bits per heavy atom. The van der Waals surface area contributed by atoms with Crippen molar-refractivity contribution in [1.29, 1.82) is 0 Å². The van der Waals surface area contributed by atoms with Crippen LogP contribution in [-0.2, 0) is 9.53 Å². The van der Waals surface area contributed by atoms with Gasteiger partial charge in [0.2, 0.25) is 5.91 Å². The van der Waals surface area contributed by atoms with Crippen molar-refractivity contribution in [3.63, 3.8) is 0 Å². The van der Waals surface area contributed by atoms with E-state index in [1.807, 2.05) is 32.0 Å². The average Bonchev–Trinajstić information content (AvgIpc) is 2.69. The number of nitrogens with zero attached hydrogens (tertiary/aromatic N) is 2. The maximum absolute atomic E-state index is 13.3. The van der Waals surface area contributed by atoms with E-state index < -0.39 is 12.0 Å². The maximum atomic E-state index is 13.3. The summed E-state index contributed by atoms with van der Waals surface area (Å²) in [7, 11) is 0. The molecule has 0 saturated heterocycles. The number of fused-ring (bicyclic) bond motifs is 1. The molecule has 0 aliphatic carbocycles. The minimum Gasteiger partial charge on any atom is -0.450 e. The first-order chi connectivity index (χ1) is 13.9. The summed E-state index contributed by atoms with van der Waals surface area (Å²) in [5.41, 5.74) is 2.96. The van der Waals surface area contributed by atoms with Crippen molar-refractivity contribution >= 4 is 34.7 Å². The van der Waals surface area contributed by atoms with E-state index in [4.69, 9.17) is 4.74 Å². The molecule has 7 nitrogen and oxygen atoms in total. The van der Waals surface area contributed by atoms with Crippen LogP contribution in [0.5, 0.6) is 0 Å². The SMILES string of the molecule is CCOC(=O)NC(=O)CSc1nc2ccccc2c(=O)n1-c1cc(C)ccc1C. The molecule has 8 heteroatoms. The molecule has 0 aliphatic rings. The number of aromatic nitrogens is 2. The monoisotopic (exact) mass is 411 g/mol. The van der Waals surface area contributed by atoms with Crippen molar-refractivity contribution in [1.82, 2.24) is 14.9 Å². The second kappa shape index (κ2) is 8.91. The average molecular weight is 411 g/mol. The summed E-state index contributed by atoms with van der Waals surface area (Å²) in [6.07, 6.45) is -0.795. The van der Waals surface area contributed by atoms with Crippen LogP contribution in [0.2, 0.25) is 0 Å². The van der Waals surface area contributed by atoms with Crippen LogP contribution in [-0.4, -0.2) is 33.9 Å². The Kier molecular flexibility index (Phi) is 6.33. The molecule has 0 unspecified atom stereocenters. The lowest BCUT2D eigenvalue weighted by molar-refractivity contribution is -0.117. The number of nitrogens with one attached hydrogen (secondary N) is 1. The van der Waals surface area contributed by atoms with Gasteiger partial charge in [0, 0.05) is 0 Å². The molecule has 29 heavy (non-hydrogen) atoms. The van der Waals surface area contributed by atoms with Gasteiger partial charge in [0.15, 0.2) is 5.16 Å². The lowest BCUT2D eigenvalue weighted by Crippen LogP contribution is -2.32. The van der Waals surface area contributed by atoms with Crippen molar-refractivity contribution in [2.45, 2.75) is 25.9 Å². The molecule has 0 fully saturated rings. The number of amides is 2. The zero-order valence-electron chi connectivity index (χ0n) is 16.4. The van der Waals surface area contributed by atoms with Crippen molar-refractivity contribution in [2.24, 2.45) is 0 Å². The Hall–Kier alpha value is -3.13. The normalized spacial score (nSPS) is 10.7. The lowest BCUT2D eigenvalue weighted by atomic mass is 10.1. The largest absolute Gasteiger partial charge is 0.450 e. The molecule has 0 saturated carbocycles. The van der Waals surface area contributed by atoms with Crippen molar-refractivity contribution in [3.05, 3.63) is 63.9 Å². The summed E-state index contributed by atoms with van der Waals surface area (Å²) in [5, 5.41) is 3.02. The maximum Gasteiger partial charge on any atom is 0.413 e. The number of carbonyl (C=O) groups is 2. The molecule has 2 aromatic carbocycles. The first kappa shape index (κ1) is 20.6. The van der Waals surface area contributed by atoms with Gasteiger partial charge in [-0.25, -0.2) is 9.78 Å². The third kappa shape index (κ3) is 4.65. The predicted molar refractivity (Wildman–Crippen MR) is 113 cm³/mol. The number of imide groups is 1. The van der Waals surface area contributed by atoms with Gasteiger partial charge in [-0.05, 0) is 50.1 Å². The number of ether oxygens (including phenoxy) is 1. The minimum absolute atomic E-state index is 0.0888. The van der Waals surface area contributed by atoms with Gasteiger partial charge < -0.3 is 4.74 Å². The highest BCUT2D eigenvalue weighted by molar-refractivity contribution is 7.99. The number of benzene rings is 2. The Bertz CT molecular complexity index is 1140. The summed E-state index contributed by atoms with van der Waals surface area (Å²) < 4.78 is 6.23. The van der Waals surface area contributed by atoms with Crippen LogP contribution in [0.4, 0.5) is 4.79 Å². The first-order valence-electron chi connectivity index (χ1n) is 9.09. The molecule has 0 aliphatic heterocycles. The first-order valence-corrected chi connectivity index (χ1v) is 10.1. The summed E-state index contributed by atoms with van der Waals surface area (Å²) in [4.78, 5) is 41.4. The number of carbonyl (C=O) groups excluding carboxylic acids is 2. The Labute approximate surface area is 172 Å². The zero-order valence-corrected chi connectivity index (χ0v) is 17.2. The topological polar surface area (TPSA) is 90.3 Å². The van der Waals surface area contributed by atoms with Gasteiger partial charge >= 0.3 is 6.09 Å². The Morgan fingerprint density at radius 1 is 1.17 bits per heavy atom. The quantitative estimate of drug-likeness (QED) is 0.511. The Morgan fingerprint density at radius 2 is 1.93 bits per heavy atom.